The number of carbonyl (C=O) groups is 3. The molecule has 4 rings (SSSR count). The lowest BCUT2D eigenvalue weighted by atomic mass is 9.97. The number of rotatable bonds is 11. The Morgan fingerprint density at radius 2 is 1.18 bits per heavy atom. The van der Waals surface area contributed by atoms with Crippen LogP contribution in [0.4, 0.5) is 0 Å². The zero-order valence-electron chi connectivity index (χ0n) is 22.3. The Morgan fingerprint density at radius 3 is 1.70 bits per heavy atom. The topological polar surface area (TPSA) is 107 Å². The van der Waals surface area contributed by atoms with Crippen LogP contribution in [-0.2, 0) is 51.2 Å². The molecule has 1 unspecified atom stereocenters. The summed E-state index contributed by atoms with van der Waals surface area (Å²) in [7, 11) is 0. The largest absolute Gasteiger partial charge is 0.463 e. The number of carbonyl (C=O) groups excluding carboxylic acids is 3. The Hall–Kier alpha value is -4.05. The van der Waals surface area contributed by atoms with Crippen molar-refractivity contribution in [1.29, 1.82) is 0 Å². The zero-order chi connectivity index (χ0) is 28.3. The van der Waals surface area contributed by atoms with Crippen molar-refractivity contribution in [3.05, 3.63) is 108 Å². The maximum absolute atomic E-state index is 13.2. The molecular weight excluding hydrogens is 516 g/mol. The van der Waals surface area contributed by atoms with Crippen LogP contribution in [-0.4, -0.2) is 55.2 Å². The van der Waals surface area contributed by atoms with Crippen molar-refractivity contribution >= 4 is 17.9 Å². The third kappa shape index (κ3) is 8.22. The Balaban J connectivity index is 1.68. The first-order valence-electron chi connectivity index (χ1n) is 12.9. The van der Waals surface area contributed by atoms with Gasteiger partial charge in [-0.2, -0.15) is 0 Å². The maximum Gasteiger partial charge on any atom is 0.338 e. The number of hydrogen-bond donors (Lipinski definition) is 0. The van der Waals surface area contributed by atoms with Crippen LogP contribution in [0.3, 0.4) is 0 Å². The molecule has 0 radical (unpaired) electrons. The average molecular weight is 549 g/mol. The summed E-state index contributed by atoms with van der Waals surface area (Å²) in [6.45, 7) is 2.62. The first-order valence-corrected chi connectivity index (χ1v) is 12.9. The fourth-order valence-corrected chi connectivity index (χ4v) is 4.29. The molecule has 1 aliphatic heterocycles. The van der Waals surface area contributed by atoms with E-state index in [9.17, 15) is 14.4 Å². The summed E-state index contributed by atoms with van der Waals surface area (Å²) in [6, 6.07) is 27.3. The molecule has 1 heterocycles. The van der Waals surface area contributed by atoms with Crippen LogP contribution in [0.1, 0.15) is 35.3 Å². The van der Waals surface area contributed by atoms with Crippen molar-refractivity contribution in [3.63, 3.8) is 0 Å². The molecule has 40 heavy (non-hydrogen) atoms. The smallest absolute Gasteiger partial charge is 0.338 e. The standard InChI is InChI=1S/C31H32O9/c1-21(32)35-20-26-27(36-18-23-12-6-3-7-13-23)28(37-19-24-14-8-4-9-15-24)29(31(39-26)38-22(2)33)40-30(34)25-16-10-5-11-17-25/h3-17,26-29,31H,18-20H2,1-2H3/t26-,27+,28-,29+,31?/m0/s1. The molecule has 1 aliphatic rings. The van der Waals surface area contributed by atoms with Gasteiger partial charge in [0.25, 0.3) is 0 Å². The van der Waals surface area contributed by atoms with E-state index in [1.807, 2.05) is 60.7 Å². The van der Waals surface area contributed by atoms with Gasteiger partial charge in [-0.25, -0.2) is 4.79 Å². The van der Waals surface area contributed by atoms with Crippen molar-refractivity contribution in [2.45, 2.75) is 57.8 Å². The first kappa shape index (κ1) is 28.9. The van der Waals surface area contributed by atoms with Gasteiger partial charge in [-0.05, 0) is 23.3 Å². The second-order valence-corrected chi connectivity index (χ2v) is 9.21. The number of benzene rings is 3. The van der Waals surface area contributed by atoms with Gasteiger partial charge in [-0.3, -0.25) is 9.59 Å². The molecule has 0 saturated carbocycles. The van der Waals surface area contributed by atoms with E-state index in [0.717, 1.165) is 11.1 Å². The van der Waals surface area contributed by atoms with Crippen LogP contribution >= 0.6 is 0 Å². The van der Waals surface area contributed by atoms with Crippen LogP contribution in [0.25, 0.3) is 0 Å². The molecule has 0 amide bonds. The fraction of sp³-hybridized carbons (Fsp3) is 0.323. The van der Waals surface area contributed by atoms with Gasteiger partial charge in [0.2, 0.25) is 6.29 Å². The van der Waals surface area contributed by atoms with Crippen LogP contribution in [0.2, 0.25) is 0 Å². The minimum atomic E-state index is -1.34. The normalized spacial score (nSPS) is 22.2. The van der Waals surface area contributed by atoms with Crippen LogP contribution in [0, 0.1) is 0 Å². The molecule has 3 aromatic carbocycles. The molecule has 5 atom stereocenters. The van der Waals surface area contributed by atoms with Crippen LogP contribution in [0.15, 0.2) is 91.0 Å². The summed E-state index contributed by atoms with van der Waals surface area (Å²) in [5, 5.41) is 0. The summed E-state index contributed by atoms with van der Waals surface area (Å²) in [6.07, 6.45) is -5.28. The van der Waals surface area contributed by atoms with Crippen molar-refractivity contribution in [2.24, 2.45) is 0 Å². The van der Waals surface area contributed by atoms with Crippen LogP contribution in [0.5, 0.6) is 0 Å². The van der Waals surface area contributed by atoms with Gasteiger partial charge in [0.1, 0.15) is 24.9 Å². The first-order chi connectivity index (χ1) is 19.4. The van der Waals surface area contributed by atoms with Gasteiger partial charge in [-0.1, -0.05) is 78.9 Å². The summed E-state index contributed by atoms with van der Waals surface area (Å²) >= 11 is 0. The highest BCUT2D eigenvalue weighted by Crippen LogP contribution is 2.31. The summed E-state index contributed by atoms with van der Waals surface area (Å²) < 4.78 is 35.4. The highest BCUT2D eigenvalue weighted by molar-refractivity contribution is 5.89. The minimum absolute atomic E-state index is 0.142. The molecule has 0 N–H and O–H groups in total. The minimum Gasteiger partial charge on any atom is -0.463 e. The number of hydrogen-bond acceptors (Lipinski definition) is 9. The Labute approximate surface area is 232 Å². The Kier molecular flexibility index (Phi) is 10.4. The molecule has 210 valence electrons. The average Bonchev–Trinajstić information content (AvgIpc) is 2.96. The van der Waals surface area contributed by atoms with Crippen molar-refractivity contribution < 1.29 is 42.8 Å². The van der Waals surface area contributed by atoms with Gasteiger partial charge in [0.15, 0.2) is 6.10 Å². The molecule has 9 nitrogen and oxygen atoms in total. The molecule has 0 spiro atoms. The lowest BCUT2D eigenvalue weighted by Crippen LogP contribution is -2.62. The van der Waals surface area contributed by atoms with E-state index in [1.165, 1.54) is 13.8 Å². The molecule has 3 aromatic rings. The number of ether oxygens (including phenoxy) is 6. The summed E-state index contributed by atoms with van der Waals surface area (Å²) in [5.41, 5.74) is 2.05. The van der Waals surface area contributed by atoms with E-state index in [0.29, 0.717) is 5.56 Å². The molecule has 1 saturated heterocycles. The molecule has 0 aromatic heterocycles. The monoisotopic (exact) mass is 548 g/mol. The Bertz CT molecular complexity index is 1230. The molecular formula is C31H32O9. The number of esters is 3. The SMILES string of the molecule is CC(=O)OC[C@@H]1OC(OC(C)=O)[C@H](OC(=O)c2ccccc2)[C@@H](OCc2ccccc2)[C@@H]1OCc1ccccc1. The van der Waals surface area contributed by atoms with Crippen LogP contribution < -0.4 is 0 Å². The summed E-state index contributed by atoms with van der Waals surface area (Å²) in [5.74, 6) is -1.82. The van der Waals surface area contributed by atoms with E-state index < -0.39 is 48.6 Å². The van der Waals surface area contributed by atoms with Gasteiger partial charge < -0.3 is 28.4 Å². The van der Waals surface area contributed by atoms with E-state index in [1.54, 1.807) is 30.3 Å². The third-order valence-corrected chi connectivity index (χ3v) is 6.15. The predicted octanol–water partition coefficient (Wildman–Crippen LogP) is 4.23. The second-order valence-electron chi connectivity index (χ2n) is 9.21. The Morgan fingerprint density at radius 1 is 0.650 bits per heavy atom. The lowest BCUT2D eigenvalue weighted by Gasteiger charge is -2.44. The van der Waals surface area contributed by atoms with Gasteiger partial charge in [-0.15, -0.1) is 0 Å². The van der Waals surface area contributed by atoms with E-state index in [-0.39, 0.29) is 19.8 Å². The van der Waals surface area contributed by atoms with Crippen molar-refractivity contribution in [3.8, 4) is 0 Å². The quantitative estimate of drug-likeness (QED) is 0.257. The highest BCUT2D eigenvalue weighted by atomic mass is 16.7. The van der Waals surface area contributed by atoms with E-state index >= 15 is 0 Å². The summed E-state index contributed by atoms with van der Waals surface area (Å²) in [4.78, 5) is 36.9. The van der Waals surface area contributed by atoms with E-state index in [2.05, 4.69) is 0 Å². The third-order valence-electron chi connectivity index (χ3n) is 6.15. The molecule has 9 heteroatoms. The molecule has 1 fully saturated rings. The molecule has 0 aliphatic carbocycles. The highest BCUT2D eigenvalue weighted by Gasteiger charge is 2.51. The molecule has 0 bridgehead atoms. The van der Waals surface area contributed by atoms with Crippen molar-refractivity contribution in [2.75, 3.05) is 6.61 Å². The lowest BCUT2D eigenvalue weighted by molar-refractivity contribution is -0.308. The zero-order valence-corrected chi connectivity index (χ0v) is 22.3. The van der Waals surface area contributed by atoms with Crippen molar-refractivity contribution in [1.82, 2.24) is 0 Å². The maximum atomic E-state index is 13.2. The van der Waals surface area contributed by atoms with Gasteiger partial charge >= 0.3 is 17.9 Å². The van der Waals surface area contributed by atoms with Gasteiger partial charge in [0.05, 0.1) is 18.8 Å². The second kappa shape index (κ2) is 14.4. The predicted molar refractivity (Wildman–Crippen MR) is 143 cm³/mol. The fourth-order valence-electron chi connectivity index (χ4n) is 4.29. The van der Waals surface area contributed by atoms with E-state index in [4.69, 9.17) is 28.4 Å². The van der Waals surface area contributed by atoms with Gasteiger partial charge in [0, 0.05) is 13.8 Å².